The van der Waals surface area contributed by atoms with E-state index >= 15 is 0 Å². The minimum Gasteiger partial charge on any atom is -0.493 e. The normalized spacial score (nSPS) is 16.4. The zero-order valence-electron chi connectivity index (χ0n) is 15.1. The molecule has 0 heterocycles. The van der Waals surface area contributed by atoms with Gasteiger partial charge in [-0.3, -0.25) is 4.79 Å². The Kier molecular flexibility index (Phi) is 5.38. The largest absolute Gasteiger partial charge is 0.493 e. The summed E-state index contributed by atoms with van der Waals surface area (Å²) in [6, 6.07) is 6.43. The predicted octanol–water partition coefficient (Wildman–Crippen LogP) is 5.20. The minimum absolute atomic E-state index is 0.392. The molecule has 2 rings (SSSR count). The van der Waals surface area contributed by atoms with E-state index in [1.807, 2.05) is 0 Å². The molecule has 1 N–H and O–H groups in total. The molecule has 128 valence electrons. The van der Waals surface area contributed by atoms with Gasteiger partial charge in [0, 0.05) is 0 Å². The third-order valence-corrected chi connectivity index (χ3v) is 5.07. The summed E-state index contributed by atoms with van der Waals surface area (Å²) in [5.74, 6) is 1.89. The quantitative estimate of drug-likeness (QED) is 0.716. The van der Waals surface area contributed by atoms with Crippen LogP contribution in [-0.2, 0) is 4.79 Å². The van der Waals surface area contributed by atoms with Crippen LogP contribution < -0.4 is 4.74 Å². The number of hydrogen-bond donors (Lipinski definition) is 1. The molecule has 0 spiro atoms. The van der Waals surface area contributed by atoms with Crippen LogP contribution in [0.4, 0.5) is 0 Å². The lowest BCUT2D eigenvalue weighted by Crippen LogP contribution is -2.26. The second-order valence-electron chi connectivity index (χ2n) is 7.83. The van der Waals surface area contributed by atoms with Crippen molar-refractivity contribution >= 4 is 5.97 Å². The molecule has 0 aliphatic heterocycles. The molecule has 1 aromatic rings. The minimum atomic E-state index is -0.773. The van der Waals surface area contributed by atoms with Crippen LogP contribution in [-0.4, -0.2) is 17.7 Å². The maximum absolute atomic E-state index is 11.3. The summed E-state index contributed by atoms with van der Waals surface area (Å²) < 4.78 is 6.15. The Morgan fingerprint density at radius 2 is 1.87 bits per heavy atom. The van der Waals surface area contributed by atoms with Gasteiger partial charge in [0.2, 0.25) is 0 Å². The number of benzene rings is 1. The van der Waals surface area contributed by atoms with Crippen molar-refractivity contribution in [1.82, 2.24) is 0 Å². The van der Waals surface area contributed by atoms with Crippen molar-refractivity contribution in [3.05, 3.63) is 29.3 Å². The van der Waals surface area contributed by atoms with Crippen LogP contribution in [0.1, 0.15) is 76.8 Å². The molecule has 1 saturated carbocycles. The second-order valence-corrected chi connectivity index (χ2v) is 7.83. The zero-order valence-corrected chi connectivity index (χ0v) is 15.1. The summed E-state index contributed by atoms with van der Waals surface area (Å²) in [5.41, 5.74) is 1.75. The zero-order chi connectivity index (χ0) is 17.2. The smallest absolute Gasteiger partial charge is 0.309 e. The number of ether oxygens (including phenoxy) is 1. The number of carboxylic acid groups (broad SMARTS) is 1. The Morgan fingerprint density at radius 1 is 1.26 bits per heavy atom. The van der Waals surface area contributed by atoms with Gasteiger partial charge in [-0.1, -0.05) is 39.0 Å². The van der Waals surface area contributed by atoms with Gasteiger partial charge < -0.3 is 9.84 Å². The van der Waals surface area contributed by atoms with Crippen molar-refractivity contribution in [2.24, 2.45) is 11.3 Å². The Bertz CT molecular complexity index is 556. The summed E-state index contributed by atoms with van der Waals surface area (Å²) in [7, 11) is 0. The van der Waals surface area contributed by atoms with E-state index in [9.17, 15) is 9.90 Å². The molecule has 3 nitrogen and oxygen atoms in total. The summed E-state index contributed by atoms with van der Waals surface area (Å²) in [4.78, 5) is 11.3. The summed E-state index contributed by atoms with van der Waals surface area (Å²) >= 11 is 0. The van der Waals surface area contributed by atoms with Crippen molar-refractivity contribution in [3.63, 3.8) is 0 Å². The first-order chi connectivity index (χ1) is 10.7. The molecule has 23 heavy (non-hydrogen) atoms. The topological polar surface area (TPSA) is 46.5 Å². The molecule has 0 radical (unpaired) electrons. The Balaban J connectivity index is 2.19. The lowest BCUT2D eigenvalue weighted by atomic mass is 9.89. The van der Waals surface area contributed by atoms with Gasteiger partial charge >= 0.3 is 5.97 Å². The number of carboxylic acids is 1. The van der Waals surface area contributed by atoms with Gasteiger partial charge in [0.1, 0.15) is 5.75 Å². The lowest BCUT2D eigenvalue weighted by Gasteiger charge is -2.24. The van der Waals surface area contributed by atoms with Gasteiger partial charge in [-0.2, -0.15) is 0 Å². The Hall–Kier alpha value is -1.51. The second kappa shape index (κ2) is 6.94. The molecule has 1 aromatic carbocycles. The van der Waals surface area contributed by atoms with E-state index in [0.717, 1.165) is 11.7 Å². The van der Waals surface area contributed by atoms with Crippen LogP contribution in [0.15, 0.2) is 18.2 Å². The van der Waals surface area contributed by atoms with E-state index < -0.39 is 11.4 Å². The molecule has 1 atom stereocenters. The molecule has 0 saturated heterocycles. The van der Waals surface area contributed by atoms with Gasteiger partial charge in [0.05, 0.1) is 12.0 Å². The molecule has 0 amide bonds. The van der Waals surface area contributed by atoms with Gasteiger partial charge in [-0.25, -0.2) is 0 Å². The highest BCUT2D eigenvalue weighted by atomic mass is 16.5. The summed E-state index contributed by atoms with van der Waals surface area (Å²) in [6.07, 6.45) is 3.11. The number of hydrogen-bond acceptors (Lipinski definition) is 2. The van der Waals surface area contributed by atoms with E-state index in [2.05, 4.69) is 39.0 Å². The third-order valence-electron chi connectivity index (χ3n) is 5.07. The molecule has 1 fully saturated rings. The van der Waals surface area contributed by atoms with E-state index in [-0.39, 0.29) is 0 Å². The van der Waals surface area contributed by atoms with Crippen LogP contribution >= 0.6 is 0 Å². The highest BCUT2D eigenvalue weighted by Gasteiger charge is 2.32. The van der Waals surface area contributed by atoms with Crippen molar-refractivity contribution < 1.29 is 14.6 Å². The highest BCUT2D eigenvalue weighted by molar-refractivity contribution is 5.73. The van der Waals surface area contributed by atoms with Gasteiger partial charge in [-0.15, -0.1) is 0 Å². The average molecular weight is 318 g/mol. The Labute approximate surface area is 140 Å². The predicted molar refractivity (Wildman–Crippen MR) is 93.2 cm³/mol. The lowest BCUT2D eigenvalue weighted by molar-refractivity contribution is -0.147. The van der Waals surface area contributed by atoms with Crippen LogP contribution in [0.2, 0.25) is 0 Å². The molecule has 0 aromatic heterocycles. The number of rotatable bonds is 8. The fourth-order valence-electron chi connectivity index (χ4n) is 2.92. The molecule has 1 aliphatic carbocycles. The maximum atomic E-state index is 11.3. The molecule has 1 aliphatic rings. The SMILES string of the molecule is CC(C)c1cccc([C@H](C)C2CC2)c1OCCC(C)(C)C(=O)O. The fourth-order valence-corrected chi connectivity index (χ4v) is 2.92. The van der Waals surface area contributed by atoms with Crippen LogP contribution in [0.25, 0.3) is 0 Å². The van der Waals surface area contributed by atoms with E-state index in [1.165, 1.54) is 24.0 Å². The molecular weight excluding hydrogens is 288 g/mol. The summed E-state index contributed by atoms with van der Waals surface area (Å²) in [5, 5.41) is 9.25. The first-order valence-electron chi connectivity index (χ1n) is 8.73. The molecule has 3 heteroatoms. The van der Waals surface area contributed by atoms with Crippen molar-refractivity contribution in [2.45, 2.75) is 65.7 Å². The number of para-hydroxylation sites is 1. The Morgan fingerprint density at radius 3 is 2.39 bits per heavy atom. The third kappa shape index (κ3) is 4.27. The van der Waals surface area contributed by atoms with Gasteiger partial charge in [0.15, 0.2) is 0 Å². The van der Waals surface area contributed by atoms with Crippen molar-refractivity contribution in [3.8, 4) is 5.75 Å². The molecule has 0 unspecified atom stereocenters. The number of aliphatic carboxylic acids is 1. The summed E-state index contributed by atoms with van der Waals surface area (Å²) in [6.45, 7) is 10.6. The monoisotopic (exact) mass is 318 g/mol. The molecular formula is C20H30O3. The maximum Gasteiger partial charge on any atom is 0.309 e. The van der Waals surface area contributed by atoms with Crippen LogP contribution in [0.5, 0.6) is 5.75 Å². The van der Waals surface area contributed by atoms with E-state index in [0.29, 0.717) is 24.9 Å². The number of carbonyl (C=O) groups is 1. The van der Waals surface area contributed by atoms with Gasteiger partial charge in [0.25, 0.3) is 0 Å². The van der Waals surface area contributed by atoms with Crippen LogP contribution in [0, 0.1) is 11.3 Å². The fraction of sp³-hybridized carbons (Fsp3) is 0.650. The van der Waals surface area contributed by atoms with Crippen LogP contribution in [0.3, 0.4) is 0 Å². The highest BCUT2D eigenvalue weighted by Crippen LogP contribution is 2.46. The van der Waals surface area contributed by atoms with Gasteiger partial charge in [-0.05, 0) is 62.0 Å². The van der Waals surface area contributed by atoms with E-state index in [1.54, 1.807) is 13.8 Å². The standard InChI is InChI=1S/C20H30O3/c1-13(2)16-7-6-8-17(14(3)15-9-10-15)18(16)23-12-11-20(4,5)19(21)22/h6-8,13-15H,9-12H2,1-5H3,(H,21,22)/t14-/m1/s1. The first kappa shape index (κ1) is 17.8. The average Bonchev–Trinajstić information content (AvgIpc) is 3.30. The molecule has 0 bridgehead atoms. The van der Waals surface area contributed by atoms with Crippen molar-refractivity contribution in [1.29, 1.82) is 0 Å². The van der Waals surface area contributed by atoms with E-state index in [4.69, 9.17) is 4.74 Å². The van der Waals surface area contributed by atoms with Crippen molar-refractivity contribution in [2.75, 3.05) is 6.61 Å². The first-order valence-corrected chi connectivity index (χ1v) is 8.73.